The molecule has 0 aliphatic rings. The number of carbonyl (C=O) groups is 2. The van der Waals surface area contributed by atoms with Gasteiger partial charge in [-0.1, -0.05) is 18.2 Å². The van der Waals surface area contributed by atoms with Crippen molar-refractivity contribution in [3.05, 3.63) is 89.7 Å². The van der Waals surface area contributed by atoms with E-state index in [9.17, 15) is 18.0 Å². The van der Waals surface area contributed by atoms with Gasteiger partial charge >= 0.3 is 10.2 Å². The van der Waals surface area contributed by atoms with Gasteiger partial charge in [0.25, 0.3) is 11.8 Å². The Hall–Kier alpha value is -3.76. The van der Waals surface area contributed by atoms with Crippen molar-refractivity contribution in [2.45, 2.75) is 6.54 Å². The number of anilines is 2. The van der Waals surface area contributed by atoms with Crippen molar-refractivity contribution in [2.24, 2.45) is 0 Å². The molecule has 1 heterocycles. The molecule has 33 heavy (non-hydrogen) atoms. The van der Waals surface area contributed by atoms with Crippen molar-refractivity contribution in [2.75, 3.05) is 30.8 Å². The normalized spacial score (nSPS) is 11.2. The monoisotopic (exact) mass is 467 g/mol. The summed E-state index contributed by atoms with van der Waals surface area (Å²) in [5.74, 6) is -0.757. The Morgan fingerprint density at radius 1 is 0.909 bits per heavy atom. The van der Waals surface area contributed by atoms with E-state index in [-0.39, 0.29) is 5.91 Å². The molecule has 10 heteroatoms. The fraction of sp³-hybridized carbons (Fsp3) is 0.174. The molecule has 0 atom stereocenters. The predicted octanol–water partition coefficient (Wildman–Crippen LogP) is 2.51. The molecule has 0 spiro atoms. The van der Waals surface area contributed by atoms with Gasteiger partial charge in [0.2, 0.25) is 0 Å². The molecule has 9 nitrogen and oxygen atoms in total. The highest BCUT2D eigenvalue weighted by Crippen LogP contribution is 2.20. The quantitative estimate of drug-likeness (QED) is 0.529. The zero-order chi connectivity index (χ0) is 24.0. The standard InChI is InChI=1S/C23H25N5O4S/c1-27(2)33(31,32)28(3)19-12-10-18(11-13-19)22(29)26-21-9-5-4-8-20(21)23(30)25-16-17-7-6-14-24-15-17/h4-15H,16H2,1-3H3,(H,25,30)(H,26,29). The van der Waals surface area contributed by atoms with Gasteiger partial charge in [0.05, 0.1) is 16.9 Å². The third-order valence-electron chi connectivity index (χ3n) is 4.90. The van der Waals surface area contributed by atoms with Crippen LogP contribution in [0.5, 0.6) is 0 Å². The Labute approximate surface area is 193 Å². The minimum Gasteiger partial charge on any atom is -0.348 e. The third kappa shape index (κ3) is 5.73. The molecule has 0 unspecified atom stereocenters. The zero-order valence-corrected chi connectivity index (χ0v) is 19.3. The highest BCUT2D eigenvalue weighted by molar-refractivity contribution is 7.90. The maximum absolute atomic E-state index is 12.8. The predicted molar refractivity (Wildman–Crippen MR) is 127 cm³/mol. The molecule has 1 aromatic heterocycles. The first kappa shape index (κ1) is 23.9. The van der Waals surface area contributed by atoms with Crippen LogP contribution in [-0.4, -0.2) is 50.7 Å². The van der Waals surface area contributed by atoms with Crippen molar-refractivity contribution in [1.29, 1.82) is 0 Å². The molecule has 0 saturated heterocycles. The summed E-state index contributed by atoms with van der Waals surface area (Å²) >= 11 is 0. The van der Waals surface area contributed by atoms with Gasteiger partial charge in [0, 0.05) is 45.6 Å². The van der Waals surface area contributed by atoms with Crippen LogP contribution in [-0.2, 0) is 16.8 Å². The number of rotatable bonds is 8. The van der Waals surface area contributed by atoms with Crippen molar-refractivity contribution in [1.82, 2.24) is 14.6 Å². The molecule has 0 radical (unpaired) electrons. The van der Waals surface area contributed by atoms with Crippen molar-refractivity contribution in [3.8, 4) is 0 Å². The van der Waals surface area contributed by atoms with Crippen LogP contribution in [0.4, 0.5) is 11.4 Å². The van der Waals surface area contributed by atoms with E-state index in [4.69, 9.17) is 0 Å². The fourth-order valence-electron chi connectivity index (χ4n) is 2.97. The number of para-hydroxylation sites is 1. The summed E-state index contributed by atoms with van der Waals surface area (Å²) in [6.45, 7) is 0.305. The van der Waals surface area contributed by atoms with Crippen LogP contribution in [0.3, 0.4) is 0 Å². The number of amides is 2. The molecular weight excluding hydrogens is 442 g/mol. The summed E-state index contributed by atoms with van der Waals surface area (Å²) in [4.78, 5) is 29.5. The van der Waals surface area contributed by atoms with Gasteiger partial charge in [0.15, 0.2) is 0 Å². The number of pyridine rings is 1. The average molecular weight is 468 g/mol. The van der Waals surface area contributed by atoms with Crippen molar-refractivity contribution < 1.29 is 18.0 Å². The number of aromatic nitrogens is 1. The highest BCUT2D eigenvalue weighted by atomic mass is 32.2. The van der Waals surface area contributed by atoms with E-state index in [0.29, 0.717) is 29.0 Å². The summed E-state index contributed by atoms with van der Waals surface area (Å²) in [5, 5.41) is 5.57. The first-order valence-electron chi connectivity index (χ1n) is 10.0. The minimum absolute atomic E-state index is 0.305. The SMILES string of the molecule is CN(C)S(=O)(=O)N(C)c1ccc(C(=O)Nc2ccccc2C(=O)NCc2cccnc2)cc1. The van der Waals surface area contributed by atoms with E-state index in [1.54, 1.807) is 54.9 Å². The molecule has 0 saturated carbocycles. The summed E-state index contributed by atoms with van der Waals surface area (Å²) in [6, 6.07) is 16.5. The summed E-state index contributed by atoms with van der Waals surface area (Å²) in [5.41, 5.74) is 2.27. The molecule has 2 aromatic carbocycles. The number of nitrogens with zero attached hydrogens (tertiary/aromatic N) is 3. The van der Waals surface area contributed by atoms with E-state index in [1.165, 1.54) is 33.3 Å². The van der Waals surface area contributed by atoms with Gasteiger partial charge in [-0.3, -0.25) is 18.9 Å². The number of hydrogen-bond acceptors (Lipinski definition) is 5. The summed E-state index contributed by atoms with van der Waals surface area (Å²) < 4.78 is 26.8. The molecule has 172 valence electrons. The summed E-state index contributed by atoms with van der Waals surface area (Å²) in [7, 11) is 0.686. The van der Waals surface area contributed by atoms with Gasteiger partial charge in [-0.05, 0) is 48.0 Å². The lowest BCUT2D eigenvalue weighted by atomic mass is 10.1. The number of benzene rings is 2. The van der Waals surface area contributed by atoms with Crippen LogP contribution in [0, 0.1) is 0 Å². The Balaban J connectivity index is 1.71. The molecule has 0 bridgehead atoms. The largest absolute Gasteiger partial charge is 0.348 e. The van der Waals surface area contributed by atoms with E-state index >= 15 is 0 Å². The molecule has 3 aromatic rings. The van der Waals surface area contributed by atoms with Crippen LogP contribution < -0.4 is 14.9 Å². The lowest BCUT2D eigenvalue weighted by molar-refractivity contribution is 0.0951. The van der Waals surface area contributed by atoms with Gasteiger partial charge in [0.1, 0.15) is 0 Å². The molecule has 0 aliphatic carbocycles. The van der Waals surface area contributed by atoms with Crippen LogP contribution in [0.25, 0.3) is 0 Å². The Kier molecular flexibility index (Phi) is 7.41. The smallest absolute Gasteiger partial charge is 0.303 e. The van der Waals surface area contributed by atoms with Crippen LogP contribution >= 0.6 is 0 Å². The van der Waals surface area contributed by atoms with Crippen LogP contribution in [0.1, 0.15) is 26.3 Å². The van der Waals surface area contributed by atoms with Crippen LogP contribution in [0.15, 0.2) is 73.1 Å². The average Bonchev–Trinajstić information content (AvgIpc) is 2.83. The molecule has 3 rings (SSSR count). The maximum atomic E-state index is 12.8. The van der Waals surface area contributed by atoms with E-state index in [1.807, 2.05) is 6.07 Å². The zero-order valence-electron chi connectivity index (χ0n) is 18.5. The first-order valence-corrected chi connectivity index (χ1v) is 11.4. The van der Waals surface area contributed by atoms with E-state index < -0.39 is 16.1 Å². The highest BCUT2D eigenvalue weighted by Gasteiger charge is 2.21. The minimum atomic E-state index is -3.63. The number of carbonyl (C=O) groups excluding carboxylic acids is 2. The molecule has 0 aliphatic heterocycles. The Morgan fingerprint density at radius 3 is 2.24 bits per heavy atom. The van der Waals surface area contributed by atoms with Gasteiger partial charge in [-0.25, -0.2) is 0 Å². The third-order valence-corrected chi connectivity index (χ3v) is 6.72. The first-order chi connectivity index (χ1) is 15.7. The Bertz CT molecular complexity index is 1230. The van der Waals surface area contributed by atoms with E-state index in [0.717, 1.165) is 14.2 Å². The second-order valence-electron chi connectivity index (χ2n) is 7.35. The molecular formula is C23H25N5O4S. The second kappa shape index (κ2) is 10.2. The Morgan fingerprint density at radius 2 is 1.61 bits per heavy atom. The maximum Gasteiger partial charge on any atom is 0.303 e. The number of nitrogens with one attached hydrogen (secondary N) is 2. The lowest BCUT2D eigenvalue weighted by Crippen LogP contribution is -2.37. The molecule has 2 amide bonds. The molecule has 2 N–H and O–H groups in total. The number of hydrogen-bond donors (Lipinski definition) is 2. The van der Waals surface area contributed by atoms with Crippen LogP contribution in [0.2, 0.25) is 0 Å². The van der Waals surface area contributed by atoms with Gasteiger partial charge in [-0.15, -0.1) is 0 Å². The summed E-state index contributed by atoms with van der Waals surface area (Å²) in [6.07, 6.45) is 3.32. The topological polar surface area (TPSA) is 112 Å². The second-order valence-corrected chi connectivity index (χ2v) is 9.52. The fourth-order valence-corrected chi connectivity index (χ4v) is 3.84. The van der Waals surface area contributed by atoms with Crippen molar-refractivity contribution in [3.63, 3.8) is 0 Å². The van der Waals surface area contributed by atoms with Gasteiger partial charge in [-0.2, -0.15) is 12.7 Å². The lowest BCUT2D eigenvalue weighted by Gasteiger charge is -2.23. The van der Waals surface area contributed by atoms with E-state index in [2.05, 4.69) is 15.6 Å². The molecule has 0 fully saturated rings. The van der Waals surface area contributed by atoms with Gasteiger partial charge < -0.3 is 10.6 Å². The van der Waals surface area contributed by atoms with Crippen molar-refractivity contribution >= 4 is 33.4 Å².